The van der Waals surface area contributed by atoms with E-state index >= 15 is 0 Å². The SMILES string of the molecule is CC[C@@H](C)c1ccccc1NC(=O)COC(=O)/C(C#N)=C/c1ccco1. The molecule has 1 aromatic carbocycles. The van der Waals surface area contributed by atoms with Gasteiger partial charge in [-0.15, -0.1) is 0 Å². The Morgan fingerprint density at radius 1 is 1.31 bits per heavy atom. The van der Waals surface area contributed by atoms with Crippen molar-refractivity contribution in [3.63, 3.8) is 0 Å². The summed E-state index contributed by atoms with van der Waals surface area (Å²) in [5.74, 6) is -0.709. The minimum absolute atomic E-state index is 0.243. The molecule has 1 amide bonds. The van der Waals surface area contributed by atoms with Crippen LogP contribution in [0.3, 0.4) is 0 Å². The fraction of sp³-hybridized carbons (Fsp3) is 0.250. The van der Waals surface area contributed by atoms with E-state index in [0.717, 1.165) is 12.0 Å². The van der Waals surface area contributed by atoms with Gasteiger partial charge in [-0.05, 0) is 36.1 Å². The van der Waals surface area contributed by atoms with Crippen LogP contribution in [0, 0.1) is 11.3 Å². The van der Waals surface area contributed by atoms with Crippen molar-refractivity contribution in [1.82, 2.24) is 0 Å². The Balaban J connectivity index is 1.97. The summed E-state index contributed by atoms with van der Waals surface area (Å²) in [5, 5.41) is 11.8. The van der Waals surface area contributed by atoms with Crippen molar-refractivity contribution in [3.8, 4) is 6.07 Å². The molecule has 0 radical (unpaired) electrons. The predicted molar refractivity (Wildman–Crippen MR) is 97.0 cm³/mol. The molecule has 0 bridgehead atoms. The minimum atomic E-state index is -0.880. The third-order valence-corrected chi connectivity index (χ3v) is 3.88. The van der Waals surface area contributed by atoms with E-state index in [4.69, 9.17) is 14.4 Å². The van der Waals surface area contributed by atoms with Gasteiger partial charge in [-0.25, -0.2) is 4.79 Å². The van der Waals surface area contributed by atoms with Gasteiger partial charge < -0.3 is 14.5 Å². The van der Waals surface area contributed by atoms with Gasteiger partial charge >= 0.3 is 5.97 Å². The number of ether oxygens (including phenoxy) is 1. The number of esters is 1. The van der Waals surface area contributed by atoms with Gasteiger partial charge in [0.25, 0.3) is 5.91 Å². The molecule has 0 aliphatic heterocycles. The first-order chi connectivity index (χ1) is 12.5. The van der Waals surface area contributed by atoms with Crippen LogP contribution in [0.2, 0.25) is 0 Å². The Morgan fingerprint density at radius 3 is 2.73 bits per heavy atom. The topological polar surface area (TPSA) is 92.3 Å². The molecule has 2 rings (SSSR count). The van der Waals surface area contributed by atoms with Gasteiger partial charge in [0.2, 0.25) is 0 Å². The van der Waals surface area contributed by atoms with Crippen molar-refractivity contribution in [2.75, 3.05) is 11.9 Å². The van der Waals surface area contributed by atoms with E-state index in [1.54, 1.807) is 24.3 Å². The highest BCUT2D eigenvalue weighted by molar-refractivity contribution is 6.00. The number of nitriles is 1. The number of hydrogen-bond donors (Lipinski definition) is 1. The molecule has 134 valence electrons. The monoisotopic (exact) mass is 352 g/mol. The van der Waals surface area contributed by atoms with Crippen molar-refractivity contribution in [1.29, 1.82) is 5.26 Å². The number of benzene rings is 1. The van der Waals surface area contributed by atoms with Gasteiger partial charge in [0.1, 0.15) is 17.4 Å². The molecule has 0 fully saturated rings. The summed E-state index contributed by atoms with van der Waals surface area (Å²) in [6, 6.07) is 12.5. The zero-order valence-corrected chi connectivity index (χ0v) is 14.7. The summed E-state index contributed by atoms with van der Waals surface area (Å²) in [6.07, 6.45) is 3.62. The quantitative estimate of drug-likeness (QED) is 0.464. The summed E-state index contributed by atoms with van der Waals surface area (Å²) in [7, 11) is 0. The number of hydrogen-bond acceptors (Lipinski definition) is 5. The lowest BCUT2D eigenvalue weighted by Crippen LogP contribution is -2.22. The lowest BCUT2D eigenvalue weighted by Gasteiger charge is -2.15. The van der Waals surface area contributed by atoms with Gasteiger partial charge in [0, 0.05) is 11.8 Å². The number of nitrogens with zero attached hydrogens (tertiary/aromatic N) is 1. The van der Waals surface area contributed by atoms with E-state index in [1.807, 2.05) is 18.2 Å². The maximum absolute atomic E-state index is 12.1. The van der Waals surface area contributed by atoms with Crippen molar-refractivity contribution in [2.24, 2.45) is 0 Å². The lowest BCUT2D eigenvalue weighted by molar-refractivity contribution is -0.142. The van der Waals surface area contributed by atoms with Crippen LogP contribution in [0.25, 0.3) is 6.08 Å². The van der Waals surface area contributed by atoms with Crippen molar-refractivity contribution in [2.45, 2.75) is 26.2 Å². The standard InChI is InChI=1S/C20H20N2O4/c1-3-14(2)17-8-4-5-9-18(17)22-19(23)13-26-20(24)15(12-21)11-16-7-6-10-25-16/h4-11,14H,3,13H2,1-2H3,(H,22,23)/b15-11+/t14-/m1/s1. The van der Waals surface area contributed by atoms with E-state index in [2.05, 4.69) is 19.2 Å². The van der Waals surface area contributed by atoms with E-state index in [-0.39, 0.29) is 11.5 Å². The Bertz CT molecular complexity index is 832. The van der Waals surface area contributed by atoms with Crippen molar-refractivity contribution >= 4 is 23.6 Å². The second kappa shape index (κ2) is 9.23. The molecule has 6 heteroatoms. The number of nitrogens with one attached hydrogen (secondary N) is 1. The second-order valence-corrected chi connectivity index (χ2v) is 5.71. The maximum atomic E-state index is 12.1. The van der Waals surface area contributed by atoms with Crippen LogP contribution in [-0.4, -0.2) is 18.5 Å². The van der Waals surface area contributed by atoms with Gasteiger partial charge in [-0.1, -0.05) is 32.0 Å². The van der Waals surface area contributed by atoms with Gasteiger partial charge in [-0.3, -0.25) is 4.79 Å². The van der Waals surface area contributed by atoms with Gasteiger partial charge in [0.15, 0.2) is 6.61 Å². The van der Waals surface area contributed by atoms with E-state index in [9.17, 15) is 9.59 Å². The molecule has 0 aliphatic carbocycles. The smallest absolute Gasteiger partial charge is 0.349 e. The third kappa shape index (κ3) is 5.08. The molecule has 0 saturated carbocycles. The van der Waals surface area contributed by atoms with Crippen LogP contribution >= 0.6 is 0 Å². The van der Waals surface area contributed by atoms with E-state index < -0.39 is 18.5 Å². The van der Waals surface area contributed by atoms with Crippen LogP contribution in [0.4, 0.5) is 5.69 Å². The van der Waals surface area contributed by atoms with Crippen molar-refractivity contribution < 1.29 is 18.7 Å². The lowest BCUT2D eigenvalue weighted by atomic mass is 9.97. The van der Waals surface area contributed by atoms with E-state index in [0.29, 0.717) is 11.4 Å². The number of amides is 1. The second-order valence-electron chi connectivity index (χ2n) is 5.71. The molecule has 1 heterocycles. The van der Waals surface area contributed by atoms with Crippen LogP contribution in [0.15, 0.2) is 52.7 Å². The highest BCUT2D eigenvalue weighted by Gasteiger charge is 2.15. The van der Waals surface area contributed by atoms with Crippen molar-refractivity contribution in [3.05, 3.63) is 59.6 Å². The van der Waals surface area contributed by atoms with Crippen LogP contribution in [-0.2, 0) is 14.3 Å². The molecule has 0 saturated heterocycles. The Labute approximate surface area is 152 Å². The summed E-state index contributed by atoms with van der Waals surface area (Å²) in [4.78, 5) is 24.0. The number of furan rings is 1. The first-order valence-electron chi connectivity index (χ1n) is 8.26. The Hall–Kier alpha value is -3.33. The Morgan fingerprint density at radius 2 is 2.08 bits per heavy atom. The zero-order valence-electron chi connectivity index (χ0n) is 14.7. The average Bonchev–Trinajstić information content (AvgIpc) is 3.17. The molecule has 1 N–H and O–H groups in total. The maximum Gasteiger partial charge on any atom is 0.349 e. The van der Waals surface area contributed by atoms with Gasteiger partial charge in [0.05, 0.1) is 6.26 Å². The largest absolute Gasteiger partial charge is 0.465 e. The number of rotatable bonds is 7. The highest BCUT2D eigenvalue weighted by atomic mass is 16.5. The molecule has 0 aliphatic rings. The van der Waals surface area contributed by atoms with Crippen LogP contribution in [0.1, 0.15) is 37.5 Å². The summed E-state index contributed by atoms with van der Waals surface area (Å²) < 4.78 is 9.97. The number of anilines is 1. The van der Waals surface area contributed by atoms with E-state index in [1.165, 1.54) is 12.3 Å². The molecular weight excluding hydrogens is 332 g/mol. The number of carbonyl (C=O) groups is 2. The number of para-hydroxylation sites is 1. The zero-order chi connectivity index (χ0) is 18.9. The molecular formula is C20H20N2O4. The summed E-state index contributed by atoms with van der Waals surface area (Å²) >= 11 is 0. The molecule has 0 spiro atoms. The van der Waals surface area contributed by atoms with Gasteiger partial charge in [-0.2, -0.15) is 5.26 Å². The van der Waals surface area contributed by atoms with Crippen LogP contribution in [0.5, 0.6) is 0 Å². The first-order valence-corrected chi connectivity index (χ1v) is 8.26. The highest BCUT2D eigenvalue weighted by Crippen LogP contribution is 2.26. The first kappa shape index (κ1) is 19.0. The summed E-state index contributed by atoms with van der Waals surface area (Å²) in [6.45, 7) is 3.66. The minimum Gasteiger partial charge on any atom is -0.465 e. The molecule has 1 aromatic heterocycles. The Kier molecular flexibility index (Phi) is 6.75. The normalized spacial score (nSPS) is 12.1. The molecule has 0 unspecified atom stereocenters. The number of carbonyl (C=O) groups excluding carboxylic acids is 2. The molecule has 2 aromatic rings. The fourth-order valence-corrected chi connectivity index (χ4v) is 2.31. The molecule has 26 heavy (non-hydrogen) atoms. The predicted octanol–water partition coefficient (Wildman–Crippen LogP) is 3.88. The molecule has 6 nitrogen and oxygen atoms in total. The molecule has 1 atom stereocenters. The third-order valence-electron chi connectivity index (χ3n) is 3.88. The average molecular weight is 352 g/mol. The summed E-state index contributed by atoms with van der Waals surface area (Å²) in [5.41, 5.74) is 1.47. The van der Waals surface area contributed by atoms with Crippen LogP contribution < -0.4 is 5.32 Å². The fourth-order valence-electron chi connectivity index (χ4n) is 2.31.